The Morgan fingerprint density at radius 3 is 2.39 bits per heavy atom. The van der Waals surface area contributed by atoms with Crippen LogP contribution in [0.2, 0.25) is 18.1 Å². The van der Waals surface area contributed by atoms with Crippen LogP contribution in [0.5, 0.6) is 0 Å². The number of rotatable bonds is 8. The van der Waals surface area contributed by atoms with Gasteiger partial charge in [-0.2, -0.15) is 8.42 Å². The van der Waals surface area contributed by atoms with Gasteiger partial charge in [0.05, 0.1) is 25.0 Å². The number of likely N-dealkylation sites (tertiary alicyclic amines) is 1. The molecule has 0 N–H and O–H groups in total. The molecule has 1 aromatic carbocycles. The molecule has 0 saturated carbocycles. The molecule has 0 bridgehead atoms. The smallest absolute Gasteiger partial charge is 0.410 e. The topological polar surface area (TPSA) is 82.1 Å². The number of hydrogen-bond donors (Lipinski definition) is 0. The zero-order valence-electron chi connectivity index (χ0n) is 19.4. The minimum Gasteiger partial charge on any atom is -0.445 e. The summed E-state index contributed by atoms with van der Waals surface area (Å²) in [6, 6.07) is 7.24. The van der Waals surface area contributed by atoms with Gasteiger partial charge in [0, 0.05) is 6.54 Å². The van der Waals surface area contributed by atoms with E-state index in [1.165, 1.54) is 0 Å². The molecule has 1 aliphatic heterocycles. The van der Waals surface area contributed by atoms with Crippen LogP contribution in [0.1, 0.15) is 44.4 Å². The van der Waals surface area contributed by atoms with Crippen LogP contribution in [0.15, 0.2) is 36.9 Å². The first-order valence-electron chi connectivity index (χ1n) is 10.4. The van der Waals surface area contributed by atoms with Gasteiger partial charge in [-0.25, -0.2) is 4.79 Å². The van der Waals surface area contributed by atoms with Crippen LogP contribution in [0.3, 0.4) is 0 Å². The summed E-state index contributed by atoms with van der Waals surface area (Å²) in [5.74, 6) is 0. The van der Waals surface area contributed by atoms with Crippen LogP contribution in [0.25, 0.3) is 0 Å². The minimum absolute atomic E-state index is 0.0218. The summed E-state index contributed by atoms with van der Waals surface area (Å²) < 4.78 is 39.2. The van der Waals surface area contributed by atoms with E-state index in [1.54, 1.807) is 11.0 Å². The highest BCUT2D eigenvalue weighted by Gasteiger charge is 2.44. The number of benzene rings is 1. The van der Waals surface area contributed by atoms with E-state index in [1.807, 2.05) is 24.3 Å². The Morgan fingerprint density at radius 1 is 1.26 bits per heavy atom. The fourth-order valence-electron chi connectivity index (χ4n) is 3.22. The third-order valence-electron chi connectivity index (χ3n) is 5.89. The molecular formula is C22H35NO6SSi. The Bertz CT molecular complexity index is 876. The fraction of sp³-hybridized carbons (Fsp3) is 0.591. The Labute approximate surface area is 187 Å². The van der Waals surface area contributed by atoms with Crippen LogP contribution in [-0.4, -0.2) is 53.2 Å². The highest BCUT2D eigenvalue weighted by atomic mass is 32.2. The lowest BCUT2D eigenvalue weighted by atomic mass is 10.0. The van der Waals surface area contributed by atoms with E-state index in [9.17, 15) is 13.2 Å². The number of hydrogen-bond acceptors (Lipinski definition) is 6. The lowest BCUT2D eigenvalue weighted by Crippen LogP contribution is -2.44. The summed E-state index contributed by atoms with van der Waals surface area (Å²) in [6.07, 6.45) is 2.78. The standard InChI is InChI=1S/C22H35NO6SSi/c1-8-13-27-21(24)23-15-19(29-31(6,7)22(2,3)4)14-20(23)18-11-9-17(10-12-18)16-28-30(5,25)26/h8-12,19-20H,1,13-16H2,2-7H3/t19-,20-/m1/s1. The van der Waals surface area contributed by atoms with E-state index < -0.39 is 24.5 Å². The van der Waals surface area contributed by atoms with Crippen molar-refractivity contribution in [3.63, 3.8) is 0 Å². The molecule has 31 heavy (non-hydrogen) atoms. The molecule has 0 aromatic heterocycles. The Balaban J connectivity index is 2.20. The van der Waals surface area contributed by atoms with Gasteiger partial charge in [-0.1, -0.05) is 57.7 Å². The second-order valence-corrected chi connectivity index (χ2v) is 15.9. The molecule has 1 amide bonds. The highest BCUT2D eigenvalue weighted by molar-refractivity contribution is 7.85. The van der Waals surface area contributed by atoms with Gasteiger partial charge in [0.2, 0.25) is 0 Å². The van der Waals surface area contributed by atoms with Crippen LogP contribution < -0.4 is 0 Å². The molecule has 0 unspecified atom stereocenters. The summed E-state index contributed by atoms with van der Waals surface area (Å²) in [7, 11) is -5.50. The minimum atomic E-state index is -3.50. The van der Waals surface area contributed by atoms with Crippen molar-refractivity contribution in [2.75, 3.05) is 19.4 Å². The molecule has 9 heteroatoms. The van der Waals surface area contributed by atoms with Gasteiger partial charge in [-0.3, -0.25) is 9.08 Å². The fourth-order valence-corrected chi connectivity index (χ4v) is 4.93. The molecule has 1 fully saturated rings. The molecule has 174 valence electrons. The normalized spacial score (nSPS) is 20.0. The van der Waals surface area contributed by atoms with Crippen molar-refractivity contribution in [2.24, 2.45) is 0 Å². The predicted octanol–water partition coefficient (Wildman–Crippen LogP) is 4.62. The molecule has 0 aliphatic carbocycles. The van der Waals surface area contributed by atoms with Crippen molar-refractivity contribution in [3.8, 4) is 0 Å². The van der Waals surface area contributed by atoms with Gasteiger partial charge in [0.15, 0.2) is 8.32 Å². The van der Waals surface area contributed by atoms with Crippen molar-refractivity contribution in [3.05, 3.63) is 48.0 Å². The first-order valence-corrected chi connectivity index (χ1v) is 15.1. The molecular weight excluding hydrogens is 434 g/mol. The van der Waals surface area contributed by atoms with Crippen molar-refractivity contribution in [2.45, 2.75) is 64.1 Å². The maximum Gasteiger partial charge on any atom is 0.410 e. The maximum atomic E-state index is 12.7. The average Bonchev–Trinajstić information content (AvgIpc) is 3.06. The monoisotopic (exact) mass is 469 g/mol. The van der Waals surface area contributed by atoms with Gasteiger partial charge in [-0.05, 0) is 35.7 Å². The van der Waals surface area contributed by atoms with Gasteiger partial charge in [0.25, 0.3) is 10.1 Å². The first-order chi connectivity index (χ1) is 14.2. The summed E-state index contributed by atoms with van der Waals surface area (Å²) in [5, 5.41) is 0.0700. The molecule has 0 spiro atoms. The second-order valence-electron chi connectivity index (χ2n) is 9.48. The van der Waals surface area contributed by atoms with Crippen molar-refractivity contribution < 1.29 is 26.6 Å². The van der Waals surface area contributed by atoms with Crippen molar-refractivity contribution >= 4 is 24.5 Å². The highest BCUT2D eigenvalue weighted by Crippen LogP contribution is 2.41. The van der Waals surface area contributed by atoms with E-state index in [2.05, 4.69) is 40.4 Å². The van der Waals surface area contributed by atoms with Crippen molar-refractivity contribution in [1.29, 1.82) is 0 Å². The Morgan fingerprint density at radius 2 is 1.87 bits per heavy atom. The van der Waals surface area contributed by atoms with E-state index in [0.717, 1.165) is 17.4 Å². The second kappa shape index (κ2) is 9.85. The van der Waals surface area contributed by atoms with Crippen molar-refractivity contribution in [1.82, 2.24) is 4.90 Å². The molecule has 1 saturated heterocycles. The summed E-state index contributed by atoms with van der Waals surface area (Å²) >= 11 is 0. The maximum absolute atomic E-state index is 12.7. The number of carbonyl (C=O) groups is 1. The van der Waals surface area contributed by atoms with Crippen LogP contribution in [0, 0.1) is 0 Å². The summed E-state index contributed by atoms with van der Waals surface area (Å²) in [4.78, 5) is 14.4. The predicted molar refractivity (Wildman–Crippen MR) is 124 cm³/mol. The third kappa shape index (κ3) is 7.17. The SMILES string of the molecule is C=CCOC(=O)N1C[C@H](O[Si](C)(C)C(C)(C)C)C[C@@H]1c1ccc(COS(C)(=O)=O)cc1. The summed E-state index contributed by atoms with van der Waals surface area (Å²) in [6.45, 7) is 15.2. The lowest BCUT2D eigenvalue weighted by Gasteiger charge is -2.38. The molecule has 1 aliphatic rings. The van der Waals surface area contributed by atoms with Crippen LogP contribution in [0.4, 0.5) is 4.79 Å². The van der Waals surface area contributed by atoms with Gasteiger partial charge < -0.3 is 9.16 Å². The van der Waals surface area contributed by atoms with Gasteiger partial charge in [0.1, 0.15) is 6.61 Å². The van der Waals surface area contributed by atoms with E-state index >= 15 is 0 Å². The Kier molecular flexibility index (Phi) is 8.13. The number of ether oxygens (including phenoxy) is 1. The molecule has 7 nitrogen and oxygen atoms in total. The largest absolute Gasteiger partial charge is 0.445 e. The summed E-state index contributed by atoms with van der Waals surface area (Å²) in [5.41, 5.74) is 1.68. The first kappa shape index (κ1) is 25.6. The molecule has 1 heterocycles. The lowest BCUT2D eigenvalue weighted by molar-refractivity contribution is 0.103. The van der Waals surface area contributed by atoms with E-state index in [-0.39, 0.29) is 30.4 Å². The Hall–Kier alpha value is -1.68. The molecule has 1 aromatic rings. The van der Waals surface area contributed by atoms with E-state index in [4.69, 9.17) is 13.3 Å². The zero-order chi connectivity index (χ0) is 23.4. The quantitative estimate of drug-likeness (QED) is 0.314. The molecule has 2 rings (SSSR count). The average molecular weight is 470 g/mol. The van der Waals surface area contributed by atoms with E-state index in [0.29, 0.717) is 13.0 Å². The van der Waals surface area contributed by atoms with Gasteiger partial charge in [-0.15, -0.1) is 0 Å². The molecule has 0 radical (unpaired) electrons. The zero-order valence-corrected chi connectivity index (χ0v) is 21.2. The van der Waals surface area contributed by atoms with Crippen LogP contribution in [-0.2, 0) is 30.1 Å². The van der Waals surface area contributed by atoms with Crippen LogP contribution >= 0.6 is 0 Å². The third-order valence-corrected chi connectivity index (χ3v) is 11.0. The van der Waals surface area contributed by atoms with Gasteiger partial charge >= 0.3 is 6.09 Å². The molecule has 2 atom stereocenters. The number of amides is 1. The number of nitrogens with zero attached hydrogens (tertiary/aromatic N) is 1. The number of carbonyl (C=O) groups excluding carboxylic acids is 1.